The van der Waals surface area contributed by atoms with E-state index in [4.69, 9.17) is 9.47 Å². The van der Waals surface area contributed by atoms with Gasteiger partial charge in [0, 0.05) is 11.0 Å². The SMILES string of the molecule is CCCCCN1C(=O)S/C(=C\c2cc(OCC)c(OCC)cc2Br)C1=O. The number of amides is 2. The van der Waals surface area contributed by atoms with Crippen molar-refractivity contribution in [3.8, 4) is 11.5 Å². The lowest BCUT2D eigenvalue weighted by Crippen LogP contribution is -2.29. The van der Waals surface area contributed by atoms with Crippen LogP contribution in [0.3, 0.4) is 0 Å². The third kappa shape index (κ3) is 5.04. The predicted molar refractivity (Wildman–Crippen MR) is 109 cm³/mol. The summed E-state index contributed by atoms with van der Waals surface area (Å²) < 4.78 is 12.0. The Hall–Kier alpha value is -1.47. The van der Waals surface area contributed by atoms with Gasteiger partial charge in [-0.1, -0.05) is 35.7 Å². The second kappa shape index (κ2) is 10.0. The van der Waals surface area contributed by atoms with Crippen LogP contribution in [0.1, 0.15) is 45.6 Å². The van der Waals surface area contributed by atoms with Crippen molar-refractivity contribution in [3.05, 3.63) is 27.1 Å². The summed E-state index contributed by atoms with van der Waals surface area (Å²) in [6.45, 7) is 7.42. The van der Waals surface area contributed by atoms with Crippen LogP contribution >= 0.6 is 27.7 Å². The molecule has 0 saturated carbocycles. The number of halogens is 1. The number of hydrogen-bond acceptors (Lipinski definition) is 5. The molecule has 1 saturated heterocycles. The average Bonchev–Trinajstić information content (AvgIpc) is 2.86. The number of ether oxygens (including phenoxy) is 2. The molecular formula is C19H24BrNO4S. The van der Waals surface area contributed by atoms with Gasteiger partial charge in [0.1, 0.15) is 0 Å². The van der Waals surface area contributed by atoms with Crippen LogP contribution in [-0.4, -0.2) is 35.8 Å². The molecule has 1 heterocycles. The number of nitrogens with zero attached hydrogens (tertiary/aromatic N) is 1. The van der Waals surface area contributed by atoms with Crippen LogP contribution in [0.5, 0.6) is 11.5 Å². The first kappa shape index (κ1) is 20.8. The van der Waals surface area contributed by atoms with Gasteiger partial charge in [0.25, 0.3) is 11.1 Å². The standard InChI is InChI=1S/C19H24BrNO4S/c1-4-7-8-9-21-18(22)17(26-19(21)23)11-13-10-15(24-5-2)16(25-6-3)12-14(13)20/h10-12H,4-9H2,1-3H3/b17-11-. The van der Waals surface area contributed by atoms with Gasteiger partial charge in [-0.05, 0) is 55.8 Å². The average molecular weight is 442 g/mol. The summed E-state index contributed by atoms with van der Waals surface area (Å²) in [7, 11) is 0. The second-order valence-corrected chi connectivity index (χ2v) is 7.57. The molecule has 2 amide bonds. The first-order valence-electron chi connectivity index (χ1n) is 8.86. The van der Waals surface area contributed by atoms with Crippen molar-refractivity contribution in [2.75, 3.05) is 19.8 Å². The van der Waals surface area contributed by atoms with Crippen LogP contribution in [-0.2, 0) is 4.79 Å². The molecule has 1 aromatic rings. The van der Waals surface area contributed by atoms with Crippen LogP contribution in [0.2, 0.25) is 0 Å². The predicted octanol–water partition coefficient (Wildman–Crippen LogP) is 5.47. The smallest absolute Gasteiger partial charge is 0.293 e. The highest BCUT2D eigenvalue weighted by Gasteiger charge is 2.34. The summed E-state index contributed by atoms with van der Waals surface area (Å²) >= 11 is 4.49. The Morgan fingerprint density at radius 2 is 1.73 bits per heavy atom. The van der Waals surface area contributed by atoms with Crippen molar-refractivity contribution in [1.29, 1.82) is 0 Å². The van der Waals surface area contributed by atoms with Gasteiger partial charge in [-0.15, -0.1) is 0 Å². The molecule has 0 aromatic heterocycles. The molecule has 0 bridgehead atoms. The van der Waals surface area contributed by atoms with E-state index >= 15 is 0 Å². The van der Waals surface area contributed by atoms with Gasteiger partial charge in [0.15, 0.2) is 11.5 Å². The highest BCUT2D eigenvalue weighted by molar-refractivity contribution is 9.10. The zero-order valence-electron chi connectivity index (χ0n) is 15.3. The molecule has 26 heavy (non-hydrogen) atoms. The molecule has 142 valence electrons. The molecule has 0 radical (unpaired) electrons. The van der Waals surface area contributed by atoms with Crippen molar-refractivity contribution in [3.63, 3.8) is 0 Å². The van der Waals surface area contributed by atoms with Gasteiger partial charge in [0.05, 0.1) is 18.1 Å². The molecular weight excluding hydrogens is 418 g/mol. The van der Waals surface area contributed by atoms with E-state index in [0.29, 0.717) is 36.2 Å². The van der Waals surface area contributed by atoms with Crippen molar-refractivity contribution >= 4 is 44.9 Å². The van der Waals surface area contributed by atoms with Crippen molar-refractivity contribution in [2.24, 2.45) is 0 Å². The Morgan fingerprint density at radius 1 is 1.08 bits per heavy atom. The van der Waals surface area contributed by atoms with Gasteiger partial charge >= 0.3 is 0 Å². The molecule has 0 unspecified atom stereocenters. The van der Waals surface area contributed by atoms with Gasteiger partial charge in [-0.2, -0.15) is 0 Å². The van der Waals surface area contributed by atoms with E-state index in [2.05, 4.69) is 22.9 Å². The molecule has 7 heteroatoms. The Morgan fingerprint density at radius 3 is 2.35 bits per heavy atom. The first-order chi connectivity index (χ1) is 12.5. The van der Waals surface area contributed by atoms with E-state index in [1.165, 1.54) is 4.90 Å². The van der Waals surface area contributed by atoms with E-state index in [-0.39, 0.29) is 11.1 Å². The number of unbranched alkanes of at least 4 members (excludes halogenated alkanes) is 2. The Kier molecular flexibility index (Phi) is 8.03. The van der Waals surface area contributed by atoms with E-state index < -0.39 is 0 Å². The van der Waals surface area contributed by atoms with Crippen LogP contribution in [0.25, 0.3) is 6.08 Å². The molecule has 0 N–H and O–H groups in total. The lowest BCUT2D eigenvalue weighted by molar-refractivity contribution is -0.122. The van der Waals surface area contributed by atoms with Crippen molar-refractivity contribution < 1.29 is 19.1 Å². The fourth-order valence-electron chi connectivity index (χ4n) is 2.55. The normalized spacial score (nSPS) is 15.8. The molecule has 1 aromatic carbocycles. The minimum Gasteiger partial charge on any atom is -0.490 e. The Balaban J connectivity index is 2.27. The fraction of sp³-hybridized carbons (Fsp3) is 0.474. The maximum atomic E-state index is 12.6. The molecule has 2 rings (SSSR count). The van der Waals surface area contributed by atoms with Gasteiger partial charge < -0.3 is 9.47 Å². The Bertz CT molecular complexity index is 705. The highest BCUT2D eigenvalue weighted by Crippen LogP contribution is 2.38. The highest BCUT2D eigenvalue weighted by atomic mass is 79.9. The third-order valence-electron chi connectivity index (χ3n) is 3.81. The molecule has 0 spiro atoms. The van der Waals surface area contributed by atoms with Crippen LogP contribution in [0, 0.1) is 0 Å². The summed E-state index contributed by atoms with van der Waals surface area (Å²) in [5, 5.41) is -0.204. The number of benzene rings is 1. The number of rotatable bonds is 9. The monoisotopic (exact) mass is 441 g/mol. The van der Waals surface area contributed by atoms with Crippen molar-refractivity contribution in [2.45, 2.75) is 40.0 Å². The topological polar surface area (TPSA) is 55.8 Å². The largest absolute Gasteiger partial charge is 0.490 e. The number of carbonyl (C=O) groups excluding carboxylic acids is 2. The maximum Gasteiger partial charge on any atom is 0.293 e. The van der Waals surface area contributed by atoms with Crippen LogP contribution in [0.4, 0.5) is 4.79 Å². The molecule has 0 atom stereocenters. The van der Waals surface area contributed by atoms with Crippen LogP contribution in [0.15, 0.2) is 21.5 Å². The van der Waals surface area contributed by atoms with Gasteiger partial charge in [-0.25, -0.2) is 0 Å². The number of carbonyl (C=O) groups is 2. The van der Waals surface area contributed by atoms with Gasteiger partial charge in [-0.3, -0.25) is 14.5 Å². The first-order valence-corrected chi connectivity index (χ1v) is 10.5. The Labute approximate surface area is 167 Å². The lowest BCUT2D eigenvalue weighted by atomic mass is 10.1. The fourth-order valence-corrected chi connectivity index (χ4v) is 3.84. The summed E-state index contributed by atoms with van der Waals surface area (Å²) in [6.07, 6.45) is 4.62. The molecule has 0 aliphatic carbocycles. The maximum absolute atomic E-state index is 12.6. The van der Waals surface area contributed by atoms with E-state index in [1.54, 1.807) is 6.08 Å². The minimum atomic E-state index is -0.227. The summed E-state index contributed by atoms with van der Waals surface area (Å²) in [5.74, 6) is 1.03. The van der Waals surface area contributed by atoms with E-state index in [0.717, 1.165) is 41.1 Å². The quantitative estimate of drug-likeness (QED) is 0.375. The zero-order chi connectivity index (χ0) is 19.1. The number of thioether (sulfide) groups is 1. The summed E-state index contributed by atoms with van der Waals surface area (Å²) in [6, 6.07) is 3.65. The lowest BCUT2D eigenvalue weighted by Gasteiger charge is -2.13. The minimum absolute atomic E-state index is 0.204. The third-order valence-corrected chi connectivity index (χ3v) is 5.40. The van der Waals surface area contributed by atoms with E-state index in [9.17, 15) is 9.59 Å². The van der Waals surface area contributed by atoms with Crippen LogP contribution < -0.4 is 9.47 Å². The molecule has 1 aliphatic rings. The molecule has 1 aliphatic heterocycles. The summed E-state index contributed by atoms with van der Waals surface area (Å²) in [4.78, 5) is 26.5. The number of imide groups is 1. The number of hydrogen-bond donors (Lipinski definition) is 0. The zero-order valence-corrected chi connectivity index (χ0v) is 17.7. The van der Waals surface area contributed by atoms with E-state index in [1.807, 2.05) is 26.0 Å². The van der Waals surface area contributed by atoms with Crippen molar-refractivity contribution in [1.82, 2.24) is 4.90 Å². The molecule has 1 fully saturated rings. The second-order valence-electron chi connectivity index (χ2n) is 5.73. The summed E-state index contributed by atoms with van der Waals surface area (Å²) in [5.41, 5.74) is 0.774. The molecule has 5 nitrogen and oxygen atoms in total. The van der Waals surface area contributed by atoms with Gasteiger partial charge in [0.2, 0.25) is 0 Å².